The number of anilines is 3. The summed E-state index contributed by atoms with van der Waals surface area (Å²) >= 11 is 12.6. The molecule has 0 saturated heterocycles. The molecule has 6 rings (SSSR count). The highest BCUT2D eigenvalue weighted by molar-refractivity contribution is 6.36. The van der Waals surface area contributed by atoms with Gasteiger partial charge in [0.05, 0.1) is 56.4 Å². The maximum absolute atomic E-state index is 14.9. The fourth-order valence-electron chi connectivity index (χ4n) is 4.71. The molecule has 2 heterocycles. The van der Waals surface area contributed by atoms with E-state index >= 15 is 0 Å². The number of hydrogen-bond donors (Lipinski definition) is 2. The average molecular weight is 602 g/mol. The molecule has 1 aliphatic rings. The zero-order valence-electron chi connectivity index (χ0n) is 21.6. The number of pyridine rings is 1. The first-order chi connectivity index (χ1) is 20.3. The van der Waals surface area contributed by atoms with Crippen molar-refractivity contribution in [2.45, 2.75) is 24.9 Å². The minimum absolute atomic E-state index is 0.00344. The maximum Gasteiger partial charge on any atom is 0.168 e. The predicted molar refractivity (Wildman–Crippen MR) is 154 cm³/mol. The van der Waals surface area contributed by atoms with Crippen molar-refractivity contribution in [2.75, 3.05) is 10.3 Å². The van der Waals surface area contributed by atoms with E-state index in [1.807, 2.05) is 18.3 Å². The number of rotatable bonds is 7. The first-order valence-corrected chi connectivity index (χ1v) is 13.4. The molecule has 42 heavy (non-hydrogen) atoms. The molecule has 0 spiro atoms. The lowest BCUT2D eigenvalue weighted by Gasteiger charge is -2.29. The van der Waals surface area contributed by atoms with Gasteiger partial charge < -0.3 is 5.32 Å². The van der Waals surface area contributed by atoms with Crippen molar-refractivity contribution >= 4 is 51.2 Å². The van der Waals surface area contributed by atoms with Gasteiger partial charge in [0, 0.05) is 11.6 Å². The molecule has 208 valence electrons. The van der Waals surface area contributed by atoms with E-state index in [9.17, 15) is 19.3 Å². The number of nitrogens with two attached hydrogens (primary N) is 1. The number of nitriles is 2. The quantitative estimate of drug-likeness (QED) is 0.119. The average Bonchev–Trinajstić information content (AvgIpc) is 3.74. The van der Waals surface area contributed by atoms with Crippen LogP contribution in [0.1, 0.15) is 47.3 Å². The number of hydrogen-bond acceptors (Lipinski definition) is 8. The van der Waals surface area contributed by atoms with E-state index in [-0.39, 0.29) is 38.2 Å². The van der Waals surface area contributed by atoms with Crippen LogP contribution in [0.3, 0.4) is 0 Å². The van der Waals surface area contributed by atoms with Gasteiger partial charge in [0.25, 0.3) is 0 Å². The van der Waals surface area contributed by atoms with Crippen molar-refractivity contribution in [3.05, 3.63) is 105 Å². The fraction of sp³-hybridized carbons (Fsp3) is 0.138. The van der Waals surface area contributed by atoms with Crippen LogP contribution in [0.2, 0.25) is 10.0 Å². The van der Waals surface area contributed by atoms with Crippen LogP contribution in [0.4, 0.5) is 25.8 Å². The molecule has 0 aliphatic heterocycles. The van der Waals surface area contributed by atoms with Gasteiger partial charge in [-0.25, -0.2) is 19.3 Å². The summed E-state index contributed by atoms with van der Waals surface area (Å²) in [6.45, 7) is 0. The number of benzene rings is 3. The van der Waals surface area contributed by atoms with Crippen LogP contribution in [-0.4, -0.2) is 20.0 Å². The zero-order valence-corrected chi connectivity index (χ0v) is 23.1. The third-order valence-corrected chi connectivity index (χ3v) is 7.54. The van der Waals surface area contributed by atoms with Gasteiger partial charge in [-0.05, 0) is 54.8 Å². The first-order valence-electron chi connectivity index (χ1n) is 12.7. The van der Waals surface area contributed by atoms with Crippen LogP contribution >= 0.6 is 23.2 Å². The van der Waals surface area contributed by atoms with Crippen molar-refractivity contribution in [1.82, 2.24) is 20.0 Å². The normalized spacial score (nSPS) is 13.4. The zero-order chi connectivity index (χ0) is 29.5. The highest BCUT2D eigenvalue weighted by Gasteiger charge is 2.30. The summed E-state index contributed by atoms with van der Waals surface area (Å²) in [5.41, 5.74) is 1.78. The van der Waals surface area contributed by atoms with Crippen molar-refractivity contribution < 1.29 is 8.78 Å². The molecule has 9 nitrogen and oxygen atoms in total. The lowest BCUT2D eigenvalue weighted by molar-refractivity contribution is 0.591. The number of halogens is 4. The van der Waals surface area contributed by atoms with Crippen LogP contribution in [0.5, 0.6) is 0 Å². The standard InChI is InChI=1S/C29H19Cl2F2N9/c30-21-6-7-23(32)28(25(21)33)38-26-17(12-35)13-37-27-20(26)9-19(10-22(27)31)42(36)29(16-3-1-2-15(8-16)11-34)24-14-41(40-39-24)18-4-5-18/h1-3,6-10,13-14,18,29H,4-5,36H2,(H,37,38). The fourth-order valence-corrected chi connectivity index (χ4v) is 5.13. The topological polar surface area (TPSA) is 132 Å². The molecule has 2 aromatic heterocycles. The van der Waals surface area contributed by atoms with E-state index in [1.165, 1.54) is 11.2 Å². The summed E-state index contributed by atoms with van der Waals surface area (Å²) < 4.78 is 31.3. The van der Waals surface area contributed by atoms with E-state index in [4.69, 9.17) is 29.0 Å². The third-order valence-electron chi connectivity index (χ3n) is 6.96. The second kappa shape index (κ2) is 10.9. The van der Waals surface area contributed by atoms with Crippen LogP contribution in [-0.2, 0) is 0 Å². The van der Waals surface area contributed by atoms with Gasteiger partial charge in [0.15, 0.2) is 5.82 Å². The summed E-state index contributed by atoms with van der Waals surface area (Å²) in [7, 11) is 0. The Labute approximate surface area is 248 Å². The molecule has 1 aliphatic carbocycles. The van der Waals surface area contributed by atoms with Crippen LogP contribution in [0, 0.1) is 34.3 Å². The molecule has 1 fully saturated rings. The third kappa shape index (κ3) is 4.95. The largest absolute Gasteiger partial charge is 0.349 e. The first kappa shape index (κ1) is 27.4. The Morgan fingerprint density at radius 1 is 1.05 bits per heavy atom. The van der Waals surface area contributed by atoms with E-state index in [0.717, 1.165) is 25.0 Å². The van der Waals surface area contributed by atoms with E-state index < -0.39 is 23.4 Å². The van der Waals surface area contributed by atoms with Crippen LogP contribution in [0.15, 0.2) is 60.9 Å². The number of nitrogens with zero attached hydrogens (tertiary/aromatic N) is 7. The van der Waals surface area contributed by atoms with Crippen molar-refractivity contribution in [1.29, 1.82) is 10.5 Å². The Bertz CT molecular complexity index is 1940. The van der Waals surface area contributed by atoms with E-state index in [1.54, 1.807) is 35.0 Å². The minimum atomic E-state index is -1.02. The Kier molecular flexibility index (Phi) is 7.09. The predicted octanol–water partition coefficient (Wildman–Crippen LogP) is 6.70. The van der Waals surface area contributed by atoms with Gasteiger partial charge in [-0.15, -0.1) is 5.10 Å². The van der Waals surface area contributed by atoms with Crippen LogP contribution < -0.4 is 16.2 Å². The molecular formula is C29H19Cl2F2N9. The smallest absolute Gasteiger partial charge is 0.168 e. The molecule has 5 aromatic rings. The van der Waals surface area contributed by atoms with E-state index in [2.05, 4.69) is 26.7 Å². The Morgan fingerprint density at radius 2 is 1.86 bits per heavy atom. The Morgan fingerprint density at radius 3 is 2.60 bits per heavy atom. The molecule has 1 atom stereocenters. The lowest BCUT2D eigenvalue weighted by Crippen LogP contribution is -2.36. The number of nitrogens with one attached hydrogen (secondary N) is 1. The Balaban J connectivity index is 1.51. The molecule has 3 aromatic carbocycles. The molecule has 0 radical (unpaired) electrons. The van der Waals surface area contributed by atoms with Gasteiger partial charge in [-0.3, -0.25) is 9.99 Å². The molecule has 13 heteroatoms. The molecule has 1 unspecified atom stereocenters. The van der Waals surface area contributed by atoms with Crippen molar-refractivity contribution in [2.24, 2.45) is 5.84 Å². The molecule has 0 amide bonds. The molecule has 3 N–H and O–H groups in total. The van der Waals surface area contributed by atoms with Gasteiger partial charge in [-0.2, -0.15) is 10.5 Å². The Hall–Kier alpha value is -4.81. The highest BCUT2D eigenvalue weighted by atomic mass is 35.5. The number of hydrazine groups is 1. The maximum atomic E-state index is 14.9. The summed E-state index contributed by atoms with van der Waals surface area (Å²) in [5.74, 6) is 4.83. The highest BCUT2D eigenvalue weighted by Crippen LogP contribution is 2.40. The number of aromatic nitrogens is 4. The minimum Gasteiger partial charge on any atom is -0.349 e. The summed E-state index contributed by atoms with van der Waals surface area (Å²) in [6, 6.07) is 15.9. The second-order valence-corrected chi connectivity index (χ2v) is 10.5. The van der Waals surface area contributed by atoms with Gasteiger partial charge in [0.1, 0.15) is 29.3 Å². The number of fused-ring (bicyclic) bond motifs is 1. The second-order valence-electron chi connectivity index (χ2n) is 9.73. The van der Waals surface area contributed by atoms with Gasteiger partial charge >= 0.3 is 0 Å². The summed E-state index contributed by atoms with van der Waals surface area (Å²) in [6.07, 6.45) is 5.07. The lowest BCUT2D eigenvalue weighted by atomic mass is 10.0. The van der Waals surface area contributed by atoms with Crippen LogP contribution in [0.25, 0.3) is 10.9 Å². The van der Waals surface area contributed by atoms with Crippen molar-refractivity contribution in [3.8, 4) is 12.1 Å². The summed E-state index contributed by atoms with van der Waals surface area (Å²) in [4.78, 5) is 4.30. The summed E-state index contributed by atoms with van der Waals surface area (Å²) in [5, 5.41) is 32.2. The molecular weight excluding hydrogens is 583 g/mol. The molecule has 0 bridgehead atoms. The van der Waals surface area contributed by atoms with Crippen molar-refractivity contribution in [3.63, 3.8) is 0 Å². The SMILES string of the molecule is N#Cc1cccc(C(c2cn(C3CC3)nn2)N(N)c2cc(Cl)c3ncc(C#N)c(Nc4c(F)ccc(Cl)c4F)c3c2)c1. The van der Waals surface area contributed by atoms with Gasteiger partial charge in [0.2, 0.25) is 0 Å². The van der Waals surface area contributed by atoms with Gasteiger partial charge in [-0.1, -0.05) is 40.5 Å². The van der Waals surface area contributed by atoms with E-state index in [0.29, 0.717) is 22.5 Å². The monoisotopic (exact) mass is 601 g/mol. The molecule has 1 saturated carbocycles.